The van der Waals surface area contributed by atoms with Crippen LogP contribution in [0.25, 0.3) is 0 Å². The quantitative estimate of drug-likeness (QED) is 0.704. The van der Waals surface area contributed by atoms with Crippen LogP contribution in [0.3, 0.4) is 0 Å². The molecule has 0 rings (SSSR count). The molecule has 0 aliphatic carbocycles. The van der Waals surface area contributed by atoms with E-state index < -0.39 is 0 Å². The molecule has 0 fully saturated rings. The fraction of sp³-hybridized carbons (Fsp3) is 0.833. The average Bonchev–Trinajstić information content (AvgIpc) is 1.59. The van der Waals surface area contributed by atoms with Crippen LogP contribution >= 0.6 is 24.2 Å². The molecule has 0 radical (unpaired) electrons. The predicted molar refractivity (Wildman–Crippen MR) is 48.7 cm³/mol. The molecule has 2 nitrogen and oxygen atoms in total. The number of halogens is 1. The molecule has 0 saturated heterocycles. The van der Waals surface area contributed by atoms with Gasteiger partial charge in [0.2, 0.25) is 5.91 Å². The van der Waals surface area contributed by atoms with Crippen molar-refractivity contribution in [3.63, 3.8) is 0 Å². The van der Waals surface area contributed by atoms with E-state index in [2.05, 4.69) is 20.8 Å². The second-order valence-corrected chi connectivity index (χ2v) is 4.67. The standard InChI is InChI=1S/C6H13NOS.ClH/c1-6(2,3)9-4-5(7)8;/h4H2,1-3H3,(H2,7,8);1H. The fourth-order valence-corrected chi connectivity index (χ4v) is 0.863. The second-order valence-electron chi connectivity index (χ2n) is 2.87. The summed E-state index contributed by atoms with van der Waals surface area (Å²) in [4.78, 5) is 10.2. The van der Waals surface area contributed by atoms with Crippen LogP contribution in [0.15, 0.2) is 0 Å². The number of amides is 1. The Morgan fingerprint density at radius 2 is 1.90 bits per heavy atom. The molecule has 0 spiro atoms. The van der Waals surface area contributed by atoms with E-state index in [0.29, 0.717) is 5.75 Å². The first-order valence-corrected chi connectivity index (χ1v) is 3.82. The molecule has 0 aromatic heterocycles. The molecule has 1 amide bonds. The second kappa shape index (κ2) is 4.85. The molecule has 0 bridgehead atoms. The lowest BCUT2D eigenvalue weighted by Gasteiger charge is -2.15. The Kier molecular flexibility index (Phi) is 6.19. The van der Waals surface area contributed by atoms with E-state index in [1.54, 1.807) is 11.8 Å². The largest absolute Gasteiger partial charge is 0.369 e. The van der Waals surface area contributed by atoms with Gasteiger partial charge in [0.1, 0.15) is 0 Å². The Balaban J connectivity index is 0. The van der Waals surface area contributed by atoms with Gasteiger partial charge in [0.25, 0.3) is 0 Å². The minimum Gasteiger partial charge on any atom is -0.369 e. The summed E-state index contributed by atoms with van der Waals surface area (Å²) in [6, 6.07) is 0. The highest BCUT2D eigenvalue weighted by atomic mass is 35.5. The van der Waals surface area contributed by atoms with Crippen molar-refractivity contribution in [3.05, 3.63) is 0 Å². The van der Waals surface area contributed by atoms with Gasteiger partial charge in [0.15, 0.2) is 0 Å². The number of carbonyl (C=O) groups is 1. The molecule has 2 N–H and O–H groups in total. The number of nitrogens with two attached hydrogens (primary N) is 1. The Morgan fingerprint density at radius 1 is 1.50 bits per heavy atom. The van der Waals surface area contributed by atoms with Crippen molar-refractivity contribution in [2.75, 3.05) is 5.75 Å². The molecule has 0 heterocycles. The number of rotatable bonds is 2. The van der Waals surface area contributed by atoms with Crippen molar-refractivity contribution in [3.8, 4) is 0 Å². The highest BCUT2D eigenvalue weighted by Gasteiger charge is 2.10. The molecule has 0 aliphatic rings. The zero-order valence-electron chi connectivity index (χ0n) is 6.51. The molecular weight excluding hydrogens is 170 g/mol. The van der Waals surface area contributed by atoms with E-state index in [4.69, 9.17) is 5.73 Å². The Hall–Kier alpha value is 0.110. The summed E-state index contributed by atoms with van der Waals surface area (Å²) >= 11 is 1.57. The van der Waals surface area contributed by atoms with Gasteiger partial charge in [0, 0.05) is 4.75 Å². The van der Waals surface area contributed by atoms with Crippen molar-refractivity contribution >= 4 is 30.1 Å². The maximum atomic E-state index is 10.2. The summed E-state index contributed by atoms with van der Waals surface area (Å²) in [5.41, 5.74) is 4.94. The lowest BCUT2D eigenvalue weighted by molar-refractivity contribution is -0.115. The zero-order valence-corrected chi connectivity index (χ0v) is 8.14. The Morgan fingerprint density at radius 3 is 2.00 bits per heavy atom. The van der Waals surface area contributed by atoms with Gasteiger partial charge in [-0.3, -0.25) is 4.79 Å². The lowest BCUT2D eigenvalue weighted by Crippen LogP contribution is -2.18. The van der Waals surface area contributed by atoms with Crippen LogP contribution in [0.5, 0.6) is 0 Å². The number of thioether (sulfide) groups is 1. The summed E-state index contributed by atoms with van der Waals surface area (Å²) < 4.78 is 0.148. The maximum Gasteiger partial charge on any atom is 0.227 e. The number of primary amides is 1. The van der Waals surface area contributed by atoms with E-state index in [1.165, 1.54) is 0 Å². The van der Waals surface area contributed by atoms with E-state index >= 15 is 0 Å². The van der Waals surface area contributed by atoms with Gasteiger partial charge in [-0.1, -0.05) is 20.8 Å². The van der Waals surface area contributed by atoms with Gasteiger partial charge in [-0.2, -0.15) is 0 Å². The molecule has 10 heavy (non-hydrogen) atoms. The fourth-order valence-electron chi connectivity index (χ4n) is 0.288. The summed E-state index contributed by atoms with van der Waals surface area (Å²) in [6.07, 6.45) is 0. The van der Waals surface area contributed by atoms with Crippen molar-refractivity contribution in [1.82, 2.24) is 0 Å². The van der Waals surface area contributed by atoms with Crippen LogP contribution in [0.2, 0.25) is 0 Å². The van der Waals surface area contributed by atoms with Crippen molar-refractivity contribution in [1.29, 1.82) is 0 Å². The third kappa shape index (κ3) is 11.0. The van der Waals surface area contributed by atoms with Crippen LogP contribution < -0.4 is 5.73 Å². The van der Waals surface area contributed by atoms with Gasteiger partial charge in [-0.05, 0) is 0 Å². The molecule has 4 heteroatoms. The minimum absolute atomic E-state index is 0. The summed E-state index contributed by atoms with van der Waals surface area (Å²) in [5.74, 6) is 0.179. The van der Waals surface area contributed by atoms with Crippen molar-refractivity contribution in [2.45, 2.75) is 25.5 Å². The monoisotopic (exact) mass is 183 g/mol. The van der Waals surface area contributed by atoms with Gasteiger partial charge in [0.05, 0.1) is 5.75 Å². The van der Waals surface area contributed by atoms with Crippen molar-refractivity contribution in [2.24, 2.45) is 5.73 Å². The maximum absolute atomic E-state index is 10.2. The van der Waals surface area contributed by atoms with Crippen LogP contribution in [-0.4, -0.2) is 16.4 Å². The van der Waals surface area contributed by atoms with E-state index in [1.807, 2.05) is 0 Å². The van der Waals surface area contributed by atoms with Gasteiger partial charge in [-0.15, -0.1) is 24.2 Å². The van der Waals surface area contributed by atoms with Crippen LogP contribution in [0.1, 0.15) is 20.8 Å². The van der Waals surface area contributed by atoms with Gasteiger partial charge < -0.3 is 5.73 Å². The SMILES string of the molecule is CC(C)(C)SCC(N)=O.Cl. The average molecular weight is 184 g/mol. The third-order valence-corrected chi connectivity index (χ3v) is 1.94. The number of hydrogen-bond acceptors (Lipinski definition) is 2. The van der Waals surface area contributed by atoms with Crippen LogP contribution in [0, 0.1) is 0 Å². The summed E-state index contributed by atoms with van der Waals surface area (Å²) in [7, 11) is 0. The molecule has 0 unspecified atom stereocenters. The van der Waals surface area contributed by atoms with Crippen LogP contribution in [-0.2, 0) is 4.79 Å². The molecule has 0 atom stereocenters. The molecular formula is C6H14ClNOS. The minimum atomic E-state index is -0.241. The third-order valence-electron chi connectivity index (χ3n) is 0.647. The van der Waals surface area contributed by atoms with Gasteiger partial charge in [-0.25, -0.2) is 0 Å². The molecule has 0 aromatic carbocycles. The zero-order chi connectivity index (χ0) is 7.49. The van der Waals surface area contributed by atoms with Crippen molar-refractivity contribution < 1.29 is 4.79 Å². The number of hydrogen-bond donors (Lipinski definition) is 1. The smallest absolute Gasteiger partial charge is 0.227 e. The normalized spacial score (nSPS) is 10.3. The highest BCUT2D eigenvalue weighted by molar-refractivity contribution is 8.01. The summed E-state index contributed by atoms with van der Waals surface area (Å²) in [5, 5.41) is 0. The van der Waals surface area contributed by atoms with Gasteiger partial charge >= 0.3 is 0 Å². The lowest BCUT2D eigenvalue weighted by atomic mass is 10.3. The molecule has 0 saturated carbocycles. The number of carbonyl (C=O) groups excluding carboxylic acids is 1. The predicted octanol–water partition coefficient (Wildman–Crippen LogP) is 1.43. The summed E-state index contributed by atoms with van der Waals surface area (Å²) in [6.45, 7) is 6.17. The first-order valence-electron chi connectivity index (χ1n) is 2.84. The first kappa shape index (κ1) is 12.8. The molecule has 0 aliphatic heterocycles. The van der Waals surface area contributed by atoms with E-state index in [9.17, 15) is 4.79 Å². The highest BCUT2D eigenvalue weighted by Crippen LogP contribution is 2.21. The molecule has 0 aromatic rings. The van der Waals surface area contributed by atoms with E-state index in [0.717, 1.165) is 0 Å². The Labute approximate surface area is 72.3 Å². The Bertz CT molecular complexity index is 111. The van der Waals surface area contributed by atoms with E-state index in [-0.39, 0.29) is 23.1 Å². The topological polar surface area (TPSA) is 43.1 Å². The van der Waals surface area contributed by atoms with Crippen LogP contribution in [0.4, 0.5) is 0 Å². The molecule has 62 valence electrons. The first-order chi connectivity index (χ1) is 3.92.